The highest BCUT2D eigenvalue weighted by molar-refractivity contribution is 7.96. The summed E-state index contributed by atoms with van der Waals surface area (Å²) in [5, 5.41) is 6.96. The summed E-state index contributed by atoms with van der Waals surface area (Å²) in [6.07, 6.45) is 0. The van der Waals surface area contributed by atoms with Gasteiger partial charge in [-0.25, -0.2) is 0 Å². The molecule has 0 unspecified atom stereocenters. The van der Waals surface area contributed by atoms with Crippen molar-refractivity contribution >= 4 is 88.4 Å². The Kier molecular flexibility index (Phi) is 10.9. The van der Waals surface area contributed by atoms with Crippen molar-refractivity contribution in [1.29, 1.82) is 0 Å². The fraction of sp³-hybridized carbons (Fsp3) is 0.0323. The van der Waals surface area contributed by atoms with Crippen molar-refractivity contribution in [3.05, 3.63) is 158 Å². The molecule has 0 atom stereocenters. The van der Waals surface area contributed by atoms with Gasteiger partial charge in [0.1, 0.15) is 28.8 Å². The van der Waals surface area contributed by atoms with Crippen LogP contribution in [0, 0.1) is 0 Å². The summed E-state index contributed by atoms with van der Waals surface area (Å²) in [6, 6.07) is 40.8. The average Bonchev–Trinajstić information content (AvgIpc) is 2.94. The molecule has 0 aliphatic carbocycles. The molecule has 0 N–H and O–H groups in total. The van der Waals surface area contributed by atoms with E-state index in [1.54, 1.807) is 0 Å². The molecule has 5 aromatic rings. The highest BCUT2D eigenvalue weighted by Crippen LogP contribution is 2.69. The number of rotatable bonds is 6. The minimum Gasteiger partial charge on any atom is -0.418 e. The first-order valence-corrected chi connectivity index (χ1v) is 16.2. The van der Waals surface area contributed by atoms with Crippen molar-refractivity contribution in [3.8, 4) is 0 Å². The number of halogens is 9. The molecule has 0 spiro atoms. The Morgan fingerprint density at radius 2 is 0.571 bits per heavy atom. The van der Waals surface area contributed by atoms with Crippen molar-refractivity contribution in [2.45, 2.75) is 5.66 Å². The van der Waals surface area contributed by atoms with Gasteiger partial charge in [0.25, 0.3) is 0 Å². The van der Waals surface area contributed by atoms with Crippen molar-refractivity contribution in [2.75, 3.05) is 0 Å². The van der Waals surface area contributed by atoms with Crippen LogP contribution in [0.2, 0.25) is 25.1 Å². The van der Waals surface area contributed by atoms with E-state index < -0.39 is 14.5 Å². The van der Waals surface area contributed by atoms with Crippen LogP contribution in [0.3, 0.4) is 0 Å². The predicted molar refractivity (Wildman–Crippen MR) is 175 cm³/mol. The molecule has 42 heavy (non-hydrogen) atoms. The Labute approximate surface area is 267 Å². The summed E-state index contributed by atoms with van der Waals surface area (Å²) in [5.41, 5.74) is 2.21. The van der Waals surface area contributed by atoms with Crippen LogP contribution in [0.25, 0.3) is 0 Å². The minimum atomic E-state index is -6.00. The monoisotopic (exact) mass is 686 g/mol. The van der Waals surface area contributed by atoms with Crippen molar-refractivity contribution < 1.29 is 17.3 Å². The third-order valence-electron chi connectivity index (χ3n) is 6.46. The van der Waals surface area contributed by atoms with E-state index in [-0.39, 0.29) is 5.66 Å². The molecule has 216 valence electrons. The molecule has 11 heteroatoms. The molecule has 0 bridgehead atoms. The van der Waals surface area contributed by atoms with Gasteiger partial charge in [0.15, 0.2) is 0 Å². The Morgan fingerprint density at radius 3 is 0.786 bits per heavy atom. The van der Waals surface area contributed by atoms with Crippen LogP contribution in [0.1, 0.15) is 16.8 Å². The SMILES string of the molecule is Clc1ccc(C(c2ccc(Cl)cc2)[P+](c2ccc(Cl)cc2)(c2ccc(Cl)cc2)c2ccc(Cl)cc2)cc1.F[B-](F)(F)F. The summed E-state index contributed by atoms with van der Waals surface area (Å²) >= 11 is 31.9. The van der Waals surface area contributed by atoms with Crippen LogP contribution < -0.4 is 15.9 Å². The second kappa shape index (κ2) is 14.0. The Bertz CT molecular complexity index is 1430. The minimum absolute atomic E-state index is 0.0643. The number of benzene rings is 5. The van der Waals surface area contributed by atoms with Gasteiger partial charge in [-0.2, -0.15) is 0 Å². The molecule has 0 saturated carbocycles. The molecule has 0 fully saturated rings. The highest BCUT2D eigenvalue weighted by Gasteiger charge is 2.54. The first kappa shape index (κ1) is 32.7. The van der Waals surface area contributed by atoms with Gasteiger partial charge in [-0.1, -0.05) is 82.3 Å². The second-order valence-corrected chi connectivity index (χ2v) is 14.8. The van der Waals surface area contributed by atoms with Crippen LogP contribution in [0.15, 0.2) is 121 Å². The van der Waals surface area contributed by atoms with Gasteiger partial charge in [-0.05, 0) is 108 Å². The zero-order valence-corrected chi connectivity index (χ0v) is 26.2. The van der Waals surface area contributed by atoms with E-state index in [1.165, 1.54) is 15.9 Å². The van der Waals surface area contributed by atoms with E-state index in [2.05, 4.69) is 60.7 Å². The van der Waals surface area contributed by atoms with E-state index in [4.69, 9.17) is 58.0 Å². The maximum Gasteiger partial charge on any atom is 0.673 e. The third kappa shape index (κ3) is 8.02. The lowest BCUT2D eigenvalue weighted by Crippen LogP contribution is -2.35. The zero-order chi connectivity index (χ0) is 30.5. The fourth-order valence-corrected chi connectivity index (χ4v) is 10.4. The topological polar surface area (TPSA) is 0 Å². The predicted octanol–water partition coefficient (Wildman–Crippen LogP) is 11.3. The Balaban J connectivity index is 0.000000748. The molecule has 0 nitrogen and oxygen atoms in total. The Hall–Kier alpha value is -2.24. The van der Waals surface area contributed by atoms with Crippen LogP contribution in [0.4, 0.5) is 17.3 Å². The molecule has 0 aliphatic rings. The summed E-state index contributed by atoms with van der Waals surface area (Å²) in [6.45, 7) is 0. The summed E-state index contributed by atoms with van der Waals surface area (Å²) in [7, 11) is -8.46. The number of hydrogen-bond acceptors (Lipinski definition) is 0. The van der Waals surface area contributed by atoms with Crippen molar-refractivity contribution in [1.82, 2.24) is 0 Å². The molecule has 5 rings (SSSR count). The van der Waals surface area contributed by atoms with Gasteiger partial charge >= 0.3 is 7.25 Å². The third-order valence-corrected chi connectivity index (χ3v) is 12.4. The average molecular weight is 689 g/mol. The van der Waals surface area contributed by atoms with Crippen molar-refractivity contribution in [2.24, 2.45) is 0 Å². The van der Waals surface area contributed by atoms with Gasteiger partial charge < -0.3 is 17.3 Å². The van der Waals surface area contributed by atoms with Crippen LogP contribution in [-0.4, -0.2) is 7.25 Å². The molecule has 0 aliphatic heterocycles. The molecule has 0 saturated heterocycles. The van der Waals surface area contributed by atoms with E-state index >= 15 is 0 Å². The zero-order valence-electron chi connectivity index (χ0n) is 21.6. The van der Waals surface area contributed by atoms with Crippen molar-refractivity contribution in [3.63, 3.8) is 0 Å². The smallest absolute Gasteiger partial charge is 0.418 e. The van der Waals surface area contributed by atoms with Crippen LogP contribution in [0.5, 0.6) is 0 Å². The van der Waals surface area contributed by atoms with Gasteiger partial charge in [0.05, 0.1) is 0 Å². The molecular formula is C31H21BCl5F4P. The van der Waals surface area contributed by atoms with E-state index in [1.807, 2.05) is 60.7 Å². The summed E-state index contributed by atoms with van der Waals surface area (Å²) in [5.74, 6) is 0. The highest BCUT2D eigenvalue weighted by atomic mass is 35.5. The quantitative estimate of drug-likeness (QED) is 0.0947. The van der Waals surface area contributed by atoms with E-state index in [0.29, 0.717) is 25.1 Å². The van der Waals surface area contributed by atoms with E-state index in [0.717, 1.165) is 11.1 Å². The lowest BCUT2D eigenvalue weighted by atomic mass is 10.0. The standard InChI is InChI=1S/C31H21Cl5P.BF4/c32-23-5-1-21(2-6-23)31(22-3-7-24(33)8-4-22)37(28-15-9-25(34)10-16-28,29-17-11-26(35)12-18-29)30-19-13-27(36)14-20-30;2-1(3,4)5/h1-20,31H;/q+1;-1. The van der Waals surface area contributed by atoms with Crippen LogP contribution >= 0.6 is 65.3 Å². The van der Waals surface area contributed by atoms with E-state index in [9.17, 15) is 17.3 Å². The molecule has 0 amide bonds. The van der Waals surface area contributed by atoms with Gasteiger partial charge in [-0.3, -0.25) is 0 Å². The summed E-state index contributed by atoms with van der Waals surface area (Å²) in [4.78, 5) is 0. The molecular weight excluding hydrogens is 667 g/mol. The fourth-order valence-electron chi connectivity index (χ4n) is 4.85. The maximum absolute atomic E-state index is 9.75. The first-order chi connectivity index (χ1) is 19.9. The maximum atomic E-state index is 9.75. The Morgan fingerprint density at radius 1 is 0.381 bits per heavy atom. The van der Waals surface area contributed by atoms with Gasteiger partial charge in [0.2, 0.25) is 0 Å². The largest absolute Gasteiger partial charge is 0.673 e. The lowest BCUT2D eigenvalue weighted by molar-refractivity contribution is 0.368. The van der Waals surface area contributed by atoms with Crippen LogP contribution in [-0.2, 0) is 0 Å². The molecule has 0 aromatic heterocycles. The molecule has 0 heterocycles. The normalized spacial score (nSPS) is 11.7. The van der Waals surface area contributed by atoms with Gasteiger partial charge in [-0.15, -0.1) is 0 Å². The first-order valence-electron chi connectivity index (χ1n) is 12.4. The molecule has 0 radical (unpaired) electrons. The van der Waals surface area contributed by atoms with Gasteiger partial charge in [0, 0.05) is 25.1 Å². The number of hydrogen-bond donors (Lipinski definition) is 0. The molecule has 5 aromatic carbocycles. The lowest BCUT2D eigenvalue weighted by Gasteiger charge is -2.35. The second-order valence-electron chi connectivity index (χ2n) is 9.15. The summed E-state index contributed by atoms with van der Waals surface area (Å²) < 4.78 is 39.0.